The molecule has 0 radical (unpaired) electrons. The highest BCUT2D eigenvalue weighted by atomic mass is 35.5. The molecule has 1 aliphatic carbocycles. The largest absolute Gasteiger partial charge is 0.619 e. The fourth-order valence-electron chi connectivity index (χ4n) is 4.36. The van der Waals surface area contributed by atoms with Gasteiger partial charge in [0.1, 0.15) is 22.7 Å². The highest BCUT2D eigenvalue weighted by molar-refractivity contribution is 7.92. The molecule has 2 aromatic carbocycles. The molecule has 0 unspecified atom stereocenters. The molecule has 0 saturated heterocycles. The second-order valence-corrected chi connectivity index (χ2v) is 12.8. The monoisotopic (exact) mass is 690 g/mol. The summed E-state index contributed by atoms with van der Waals surface area (Å²) in [7, 11) is -1.23. The Morgan fingerprint density at radius 1 is 1.02 bits per heavy atom. The lowest BCUT2D eigenvalue weighted by atomic mass is 10.0. The van der Waals surface area contributed by atoms with Gasteiger partial charge in [0.15, 0.2) is 35.4 Å². The standard InChI is InChI=1S/C29H30Cl2F2N2O9S/c1-40-23-9-7-19(11-26(23)41-2)35(45(3,38)39)15-28(36)43-25(12-20-21(30)13-34(37)14-22(20)31)18-6-8-24(44-29(32)33)27(10-18)42-16-17-4-5-17/h6-11,13-14,17,25,29H,4-5,12,15-16H2,1-3H3/t25-/m0/s1. The number of nitrogens with zero attached hydrogens (tertiary/aromatic N) is 2. The number of benzene rings is 2. The number of methoxy groups -OCH3 is 2. The molecule has 0 N–H and O–H groups in total. The summed E-state index contributed by atoms with van der Waals surface area (Å²) >= 11 is 12.6. The Labute approximate surface area is 268 Å². The molecule has 1 fully saturated rings. The molecular weight excluding hydrogens is 661 g/mol. The number of halogens is 4. The molecule has 1 aromatic heterocycles. The summed E-state index contributed by atoms with van der Waals surface area (Å²) in [5, 5.41) is 11.8. The molecule has 0 aliphatic heterocycles. The van der Waals surface area contributed by atoms with Crippen molar-refractivity contribution < 1.29 is 50.4 Å². The van der Waals surface area contributed by atoms with Crippen molar-refractivity contribution in [2.24, 2.45) is 5.92 Å². The van der Waals surface area contributed by atoms with Gasteiger partial charge in [-0.15, -0.1) is 0 Å². The lowest BCUT2D eigenvalue weighted by Crippen LogP contribution is -2.36. The molecule has 3 aromatic rings. The summed E-state index contributed by atoms with van der Waals surface area (Å²) in [5.41, 5.74) is 0.622. The van der Waals surface area contributed by atoms with E-state index in [0.29, 0.717) is 10.5 Å². The van der Waals surface area contributed by atoms with Gasteiger partial charge in [-0.1, -0.05) is 29.3 Å². The van der Waals surface area contributed by atoms with E-state index in [-0.39, 0.29) is 63.1 Å². The van der Waals surface area contributed by atoms with Crippen molar-refractivity contribution in [1.29, 1.82) is 0 Å². The number of pyridine rings is 1. The summed E-state index contributed by atoms with van der Waals surface area (Å²) in [5.74, 6) is -0.363. The van der Waals surface area contributed by atoms with Crippen molar-refractivity contribution in [1.82, 2.24) is 0 Å². The number of alkyl halides is 2. The zero-order valence-corrected chi connectivity index (χ0v) is 26.7. The number of hydrogen-bond acceptors (Lipinski definition) is 9. The second-order valence-electron chi connectivity index (χ2n) is 10.1. The highest BCUT2D eigenvalue weighted by Gasteiger charge is 2.29. The Kier molecular flexibility index (Phi) is 11.0. The second kappa shape index (κ2) is 14.6. The van der Waals surface area contributed by atoms with E-state index in [2.05, 4.69) is 4.74 Å². The first-order valence-corrected chi connectivity index (χ1v) is 16.1. The zero-order chi connectivity index (χ0) is 32.9. The van der Waals surface area contributed by atoms with E-state index in [9.17, 15) is 27.2 Å². The number of esters is 1. The van der Waals surface area contributed by atoms with Crippen LogP contribution in [-0.2, 0) is 26.0 Å². The fraction of sp³-hybridized carbons (Fsp3) is 0.379. The maximum Gasteiger partial charge on any atom is 0.387 e. The molecule has 16 heteroatoms. The van der Waals surface area contributed by atoms with Crippen LogP contribution in [0.3, 0.4) is 0 Å². The van der Waals surface area contributed by atoms with Crippen molar-refractivity contribution in [2.75, 3.05) is 37.9 Å². The third-order valence-corrected chi connectivity index (χ3v) is 8.57. The fourth-order valence-corrected chi connectivity index (χ4v) is 5.79. The van der Waals surface area contributed by atoms with Gasteiger partial charge in [-0.3, -0.25) is 9.10 Å². The SMILES string of the molecule is COc1ccc(N(CC(=O)O[C@@H](Cc2c(Cl)c[n+]([O-])cc2Cl)c2ccc(OC(F)F)c(OCC3CC3)c2)S(C)(=O)=O)cc1OC. The van der Waals surface area contributed by atoms with Crippen LogP contribution in [-0.4, -0.2) is 54.6 Å². The number of anilines is 1. The van der Waals surface area contributed by atoms with E-state index >= 15 is 0 Å². The molecule has 1 atom stereocenters. The first-order valence-electron chi connectivity index (χ1n) is 13.5. The molecule has 244 valence electrons. The van der Waals surface area contributed by atoms with E-state index in [0.717, 1.165) is 35.8 Å². The van der Waals surface area contributed by atoms with Gasteiger partial charge >= 0.3 is 12.6 Å². The van der Waals surface area contributed by atoms with E-state index in [1.54, 1.807) is 0 Å². The summed E-state index contributed by atoms with van der Waals surface area (Å²) in [6.45, 7) is -3.60. The van der Waals surface area contributed by atoms with Crippen LogP contribution in [0.5, 0.6) is 23.0 Å². The maximum atomic E-state index is 13.4. The Balaban J connectivity index is 1.69. The van der Waals surface area contributed by atoms with Crippen molar-refractivity contribution in [2.45, 2.75) is 32.0 Å². The minimum atomic E-state index is -4.02. The Morgan fingerprint density at radius 3 is 2.24 bits per heavy atom. The smallest absolute Gasteiger partial charge is 0.387 e. The number of rotatable bonds is 15. The van der Waals surface area contributed by atoms with E-state index in [1.807, 2.05) is 0 Å². The lowest BCUT2D eigenvalue weighted by Gasteiger charge is -2.25. The van der Waals surface area contributed by atoms with Gasteiger partial charge in [0.2, 0.25) is 10.0 Å². The zero-order valence-electron chi connectivity index (χ0n) is 24.4. The van der Waals surface area contributed by atoms with Crippen LogP contribution >= 0.6 is 23.2 Å². The molecule has 0 spiro atoms. The van der Waals surface area contributed by atoms with Crippen LogP contribution < -0.4 is 28.0 Å². The van der Waals surface area contributed by atoms with E-state index < -0.39 is 35.3 Å². The van der Waals surface area contributed by atoms with Gasteiger partial charge in [0.25, 0.3) is 0 Å². The highest BCUT2D eigenvalue weighted by Crippen LogP contribution is 2.38. The topological polar surface area (TPSA) is 128 Å². The summed E-state index contributed by atoms with van der Waals surface area (Å²) in [4.78, 5) is 13.4. The number of hydrogen-bond donors (Lipinski definition) is 0. The number of sulfonamides is 1. The molecule has 4 rings (SSSR count). The molecule has 45 heavy (non-hydrogen) atoms. The van der Waals surface area contributed by atoms with Gasteiger partial charge in [-0.05, 0) is 48.6 Å². The van der Waals surface area contributed by atoms with E-state index in [4.69, 9.17) is 42.1 Å². The molecule has 0 bridgehead atoms. The molecule has 1 saturated carbocycles. The predicted molar refractivity (Wildman–Crippen MR) is 161 cm³/mol. The predicted octanol–water partition coefficient (Wildman–Crippen LogP) is 5.33. The van der Waals surface area contributed by atoms with Gasteiger partial charge < -0.3 is 28.9 Å². The van der Waals surface area contributed by atoms with Gasteiger partial charge in [0.05, 0.1) is 32.8 Å². The summed E-state index contributed by atoms with van der Waals surface area (Å²) in [6.07, 6.45) is 3.56. The molecule has 1 heterocycles. The van der Waals surface area contributed by atoms with E-state index in [1.165, 1.54) is 50.6 Å². The van der Waals surface area contributed by atoms with Gasteiger partial charge in [-0.25, -0.2) is 8.42 Å². The summed E-state index contributed by atoms with van der Waals surface area (Å²) in [6, 6.07) is 8.32. The van der Waals surface area contributed by atoms with Crippen LogP contribution in [0, 0.1) is 11.1 Å². The lowest BCUT2D eigenvalue weighted by molar-refractivity contribution is -0.605. The van der Waals surface area contributed by atoms with Crippen molar-refractivity contribution in [3.05, 3.63) is 75.2 Å². The van der Waals surface area contributed by atoms with Crippen molar-refractivity contribution in [3.63, 3.8) is 0 Å². The molecular formula is C29H30Cl2F2N2O9S. The van der Waals surface area contributed by atoms with Crippen LogP contribution in [0.15, 0.2) is 48.8 Å². The Bertz CT molecular complexity index is 1620. The maximum absolute atomic E-state index is 13.4. The quantitative estimate of drug-likeness (QED) is 0.118. The average Bonchev–Trinajstić information content (AvgIpc) is 3.80. The Morgan fingerprint density at radius 2 is 1.67 bits per heavy atom. The van der Waals surface area contributed by atoms with Crippen LogP contribution in [0.4, 0.5) is 14.5 Å². The minimum absolute atomic E-state index is 0.00788. The number of carbonyl (C=O) groups is 1. The first kappa shape index (κ1) is 34.1. The molecule has 11 nitrogen and oxygen atoms in total. The first-order chi connectivity index (χ1) is 21.3. The normalized spacial score (nSPS) is 13.7. The molecule has 1 aliphatic rings. The summed E-state index contributed by atoms with van der Waals surface area (Å²) < 4.78 is 79.7. The molecule has 0 amide bonds. The third kappa shape index (κ3) is 9.14. The van der Waals surface area contributed by atoms with Crippen LogP contribution in [0.25, 0.3) is 0 Å². The van der Waals surface area contributed by atoms with Gasteiger partial charge in [-0.2, -0.15) is 13.5 Å². The van der Waals surface area contributed by atoms with Crippen molar-refractivity contribution in [3.8, 4) is 23.0 Å². The van der Waals surface area contributed by atoms with Crippen molar-refractivity contribution >= 4 is 44.9 Å². The third-order valence-electron chi connectivity index (χ3n) is 6.78. The van der Waals surface area contributed by atoms with Gasteiger partial charge in [0, 0.05) is 18.1 Å². The number of aromatic nitrogens is 1. The minimum Gasteiger partial charge on any atom is -0.619 e. The number of carbonyl (C=O) groups excluding carboxylic acids is 1. The van der Waals surface area contributed by atoms with Crippen LogP contribution in [0.1, 0.15) is 30.1 Å². The van der Waals surface area contributed by atoms with Crippen LogP contribution in [0.2, 0.25) is 10.0 Å². The Hall–Kier alpha value is -3.75. The number of ether oxygens (including phenoxy) is 5. The average molecular weight is 692 g/mol.